The Morgan fingerprint density at radius 3 is 2.61 bits per heavy atom. The van der Waals surface area contributed by atoms with Gasteiger partial charge < -0.3 is 14.5 Å². The first kappa shape index (κ1) is 24.7. The van der Waals surface area contributed by atoms with Crippen molar-refractivity contribution < 1.29 is 18.7 Å². The van der Waals surface area contributed by atoms with Crippen molar-refractivity contribution in [1.29, 1.82) is 0 Å². The van der Waals surface area contributed by atoms with Gasteiger partial charge >= 0.3 is 6.09 Å². The van der Waals surface area contributed by atoms with Gasteiger partial charge in [0.1, 0.15) is 5.76 Å². The topological polar surface area (TPSA) is 137 Å². The highest BCUT2D eigenvalue weighted by Gasteiger charge is 2.19. The standard InChI is InChI=1S/C24H23N7O4S/c1-2-34-24(33)26-20(17-9-5-3-6-10-17)15-21(32)27-25-16-19-13-14-22(35-19)36-23-28-29-30-31(23)18-11-7-4-8-12-18/h3-14,16,20H,2,15H2,1H3,(H,26,33)(H,27,32)/b25-16-/t20-/m0/s1. The second-order valence-corrected chi connectivity index (χ2v) is 8.26. The molecule has 11 nitrogen and oxygen atoms in total. The van der Waals surface area contributed by atoms with Crippen LogP contribution in [0.1, 0.15) is 30.7 Å². The number of nitrogens with zero attached hydrogens (tertiary/aromatic N) is 5. The van der Waals surface area contributed by atoms with Crippen molar-refractivity contribution in [2.75, 3.05) is 6.61 Å². The molecular formula is C24H23N7O4S. The number of ether oxygens (including phenoxy) is 1. The molecule has 0 aliphatic carbocycles. The lowest BCUT2D eigenvalue weighted by molar-refractivity contribution is -0.121. The third kappa shape index (κ3) is 6.79. The van der Waals surface area contributed by atoms with Crippen molar-refractivity contribution in [1.82, 2.24) is 30.9 Å². The Morgan fingerprint density at radius 1 is 1.11 bits per heavy atom. The predicted octanol–water partition coefficient (Wildman–Crippen LogP) is 3.73. The minimum atomic E-state index is -0.596. The number of carbonyl (C=O) groups excluding carboxylic acids is 2. The molecule has 0 aliphatic rings. The zero-order valence-corrected chi connectivity index (χ0v) is 20.1. The van der Waals surface area contributed by atoms with E-state index >= 15 is 0 Å². The average Bonchev–Trinajstić information content (AvgIpc) is 3.54. The molecule has 2 amide bonds. The largest absolute Gasteiger partial charge is 0.450 e. The van der Waals surface area contributed by atoms with Crippen LogP contribution < -0.4 is 10.7 Å². The van der Waals surface area contributed by atoms with Crippen LogP contribution in [0.5, 0.6) is 0 Å². The lowest BCUT2D eigenvalue weighted by Gasteiger charge is -2.17. The third-order valence-electron chi connectivity index (χ3n) is 4.78. The molecule has 184 valence electrons. The first-order valence-electron chi connectivity index (χ1n) is 11.0. The van der Waals surface area contributed by atoms with Crippen LogP contribution in [0, 0.1) is 0 Å². The maximum absolute atomic E-state index is 12.5. The van der Waals surface area contributed by atoms with E-state index in [4.69, 9.17) is 9.15 Å². The Morgan fingerprint density at radius 2 is 1.86 bits per heavy atom. The van der Waals surface area contributed by atoms with Crippen LogP contribution in [0.25, 0.3) is 5.69 Å². The molecule has 2 heterocycles. The molecule has 0 radical (unpaired) electrons. The zero-order valence-electron chi connectivity index (χ0n) is 19.3. The summed E-state index contributed by atoms with van der Waals surface area (Å²) < 4.78 is 12.3. The summed E-state index contributed by atoms with van der Waals surface area (Å²) in [5.74, 6) is 0.0425. The van der Waals surface area contributed by atoms with Crippen LogP contribution in [0.2, 0.25) is 0 Å². The van der Waals surface area contributed by atoms with E-state index in [2.05, 4.69) is 31.4 Å². The normalized spacial score (nSPS) is 11.8. The van der Waals surface area contributed by atoms with E-state index in [1.807, 2.05) is 60.7 Å². The molecule has 2 aromatic carbocycles. The molecule has 4 aromatic rings. The molecule has 1 atom stereocenters. The van der Waals surface area contributed by atoms with E-state index in [1.165, 1.54) is 18.0 Å². The van der Waals surface area contributed by atoms with Crippen LogP contribution in [0.15, 0.2) is 92.6 Å². The molecule has 12 heteroatoms. The summed E-state index contributed by atoms with van der Waals surface area (Å²) >= 11 is 1.25. The number of hydrogen-bond donors (Lipinski definition) is 2. The summed E-state index contributed by atoms with van der Waals surface area (Å²) in [6.45, 7) is 1.94. The van der Waals surface area contributed by atoms with Crippen molar-refractivity contribution in [3.05, 3.63) is 84.1 Å². The van der Waals surface area contributed by atoms with E-state index < -0.39 is 12.1 Å². The summed E-state index contributed by atoms with van der Waals surface area (Å²) in [6.07, 6.45) is 0.765. The lowest BCUT2D eigenvalue weighted by atomic mass is 10.0. The average molecular weight is 506 g/mol. The van der Waals surface area contributed by atoms with E-state index in [0.29, 0.717) is 16.0 Å². The molecule has 0 aliphatic heterocycles. The van der Waals surface area contributed by atoms with Crippen molar-refractivity contribution in [2.24, 2.45) is 5.10 Å². The van der Waals surface area contributed by atoms with Crippen LogP contribution in [0.3, 0.4) is 0 Å². The highest BCUT2D eigenvalue weighted by Crippen LogP contribution is 2.28. The van der Waals surface area contributed by atoms with Crippen molar-refractivity contribution in [3.8, 4) is 5.69 Å². The number of para-hydroxylation sites is 1. The van der Waals surface area contributed by atoms with Gasteiger partial charge in [0.25, 0.3) is 0 Å². The van der Waals surface area contributed by atoms with Gasteiger partial charge in [-0.2, -0.15) is 9.78 Å². The Hall–Kier alpha value is -4.45. The maximum atomic E-state index is 12.5. The summed E-state index contributed by atoms with van der Waals surface area (Å²) in [6, 6.07) is 21.6. The number of benzene rings is 2. The van der Waals surface area contributed by atoms with Gasteiger partial charge in [-0.15, -0.1) is 5.10 Å². The number of aromatic nitrogens is 4. The van der Waals surface area contributed by atoms with Crippen molar-refractivity contribution in [3.63, 3.8) is 0 Å². The molecule has 4 rings (SSSR count). The van der Waals surface area contributed by atoms with Gasteiger partial charge in [0.05, 0.1) is 31.0 Å². The highest BCUT2D eigenvalue weighted by molar-refractivity contribution is 7.99. The third-order valence-corrected chi connectivity index (χ3v) is 5.63. The number of alkyl carbamates (subject to hydrolysis) is 1. The predicted molar refractivity (Wildman–Crippen MR) is 132 cm³/mol. The molecule has 2 N–H and O–H groups in total. The summed E-state index contributed by atoms with van der Waals surface area (Å²) in [5, 5.41) is 19.5. The Bertz CT molecular complexity index is 1310. The fourth-order valence-corrected chi connectivity index (χ4v) is 3.93. The van der Waals surface area contributed by atoms with Gasteiger partial charge in [-0.25, -0.2) is 10.2 Å². The fourth-order valence-electron chi connectivity index (χ4n) is 3.17. The molecular weight excluding hydrogens is 482 g/mol. The number of carbonyl (C=O) groups is 2. The van der Waals surface area contributed by atoms with Gasteiger partial charge in [-0.3, -0.25) is 4.79 Å². The summed E-state index contributed by atoms with van der Waals surface area (Å²) in [7, 11) is 0. The molecule has 0 saturated carbocycles. The molecule has 0 unspecified atom stereocenters. The van der Waals surface area contributed by atoms with Crippen LogP contribution in [-0.4, -0.2) is 45.0 Å². The van der Waals surface area contributed by atoms with E-state index in [9.17, 15) is 9.59 Å². The minimum absolute atomic E-state index is 0.0262. The SMILES string of the molecule is CCOC(=O)N[C@@H](CC(=O)N/N=C\c1ccc(Sc2nnnn2-c2ccccc2)o1)c1ccccc1. The molecule has 0 fully saturated rings. The van der Waals surface area contributed by atoms with Crippen LogP contribution >= 0.6 is 11.8 Å². The van der Waals surface area contributed by atoms with Gasteiger partial charge in [0, 0.05) is 0 Å². The summed E-state index contributed by atoms with van der Waals surface area (Å²) in [5.41, 5.74) is 4.06. The quantitative estimate of drug-likeness (QED) is 0.246. The maximum Gasteiger partial charge on any atom is 0.407 e. The smallest absolute Gasteiger partial charge is 0.407 e. The zero-order chi connectivity index (χ0) is 25.2. The first-order valence-corrected chi connectivity index (χ1v) is 11.9. The van der Waals surface area contributed by atoms with Crippen molar-refractivity contribution >= 4 is 30.0 Å². The molecule has 0 bridgehead atoms. The van der Waals surface area contributed by atoms with Gasteiger partial charge in [-0.1, -0.05) is 48.5 Å². The molecule has 0 spiro atoms. The highest BCUT2D eigenvalue weighted by atomic mass is 32.2. The number of hydrazone groups is 1. The first-order chi connectivity index (χ1) is 17.6. The van der Waals surface area contributed by atoms with E-state index in [1.54, 1.807) is 23.7 Å². The molecule has 2 aromatic heterocycles. The Kier molecular flexibility index (Phi) is 8.44. The van der Waals surface area contributed by atoms with Crippen LogP contribution in [0.4, 0.5) is 4.79 Å². The number of amides is 2. The Balaban J connectivity index is 1.34. The number of rotatable bonds is 10. The Labute approximate surface area is 210 Å². The number of hydrogen-bond acceptors (Lipinski definition) is 9. The second-order valence-electron chi connectivity index (χ2n) is 7.29. The van der Waals surface area contributed by atoms with Gasteiger partial charge in [0.2, 0.25) is 11.1 Å². The summed E-state index contributed by atoms with van der Waals surface area (Å²) in [4.78, 5) is 24.4. The second kappa shape index (κ2) is 12.3. The van der Waals surface area contributed by atoms with Gasteiger partial charge in [0.15, 0.2) is 5.09 Å². The fraction of sp³-hybridized carbons (Fsp3) is 0.167. The van der Waals surface area contributed by atoms with E-state index in [-0.39, 0.29) is 18.9 Å². The minimum Gasteiger partial charge on any atom is -0.450 e. The van der Waals surface area contributed by atoms with E-state index in [0.717, 1.165) is 11.3 Å². The molecule has 36 heavy (non-hydrogen) atoms. The number of furan rings is 1. The van der Waals surface area contributed by atoms with Crippen molar-refractivity contribution in [2.45, 2.75) is 29.6 Å². The number of tetrazole rings is 1. The van der Waals surface area contributed by atoms with Crippen LogP contribution in [-0.2, 0) is 9.53 Å². The number of nitrogens with one attached hydrogen (secondary N) is 2. The monoisotopic (exact) mass is 505 g/mol. The molecule has 0 saturated heterocycles. The lowest BCUT2D eigenvalue weighted by Crippen LogP contribution is -2.33. The van der Waals surface area contributed by atoms with Gasteiger partial charge in [-0.05, 0) is 58.9 Å².